The van der Waals surface area contributed by atoms with E-state index in [2.05, 4.69) is 11.9 Å². The minimum atomic E-state index is -3.00. The summed E-state index contributed by atoms with van der Waals surface area (Å²) in [4.78, 5) is 2.40. The summed E-state index contributed by atoms with van der Waals surface area (Å²) < 4.78 is 32.0. The summed E-state index contributed by atoms with van der Waals surface area (Å²) in [5, 5.41) is -0.0737. The average molecular weight is 338 g/mol. The lowest BCUT2D eigenvalue weighted by Crippen LogP contribution is -2.58. The molecule has 128 valence electrons. The number of rotatable bonds is 5. The van der Waals surface area contributed by atoms with Crippen LogP contribution in [-0.2, 0) is 16.6 Å². The van der Waals surface area contributed by atoms with Crippen molar-refractivity contribution in [1.82, 2.24) is 9.21 Å². The molecule has 6 heteroatoms. The highest BCUT2D eigenvalue weighted by atomic mass is 32.2. The molecule has 23 heavy (non-hydrogen) atoms. The molecule has 0 N–H and O–H groups in total. The summed E-state index contributed by atoms with van der Waals surface area (Å²) in [6.45, 7) is 2.26. The maximum atomic E-state index is 12.4. The Balaban J connectivity index is 1.38. The van der Waals surface area contributed by atoms with Gasteiger partial charge in [-0.05, 0) is 63.1 Å². The Hall–Kier alpha value is -0.850. The second-order valence-corrected chi connectivity index (χ2v) is 9.77. The van der Waals surface area contributed by atoms with Gasteiger partial charge in [-0.25, -0.2) is 12.7 Å². The highest BCUT2D eigenvalue weighted by molar-refractivity contribution is 7.90. The van der Waals surface area contributed by atoms with E-state index in [4.69, 9.17) is 4.42 Å². The van der Waals surface area contributed by atoms with E-state index in [0.29, 0.717) is 24.5 Å². The monoisotopic (exact) mass is 338 g/mol. The predicted molar refractivity (Wildman–Crippen MR) is 88.4 cm³/mol. The third-order valence-corrected chi connectivity index (χ3v) is 8.56. The summed E-state index contributed by atoms with van der Waals surface area (Å²) in [6.07, 6.45) is 7.90. The molecule has 2 aliphatic carbocycles. The number of sulfonamides is 1. The molecule has 3 aliphatic rings. The summed E-state index contributed by atoms with van der Waals surface area (Å²) in [5.74, 6) is 1.00. The molecule has 1 aromatic heterocycles. The van der Waals surface area contributed by atoms with Crippen LogP contribution in [0.25, 0.3) is 0 Å². The normalized spacial score (nSPS) is 28.2. The molecule has 1 atom stereocenters. The number of hydrogen-bond acceptors (Lipinski definition) is 4. The zero-order chi connectivity index (χ0) is 16.1. The zero-order valence-corrected chi connectivity index (χ0v) is 14.6. The molecule has 1 spiro atoms. The smallest absolute Gasteiger partial charge is 0.216 e. The number of piperidine rings is 1. The van der Waals surface area contributed by atoms with E-state index >= 15 is 0 Å². The van der Waals surface area contributed by atoms with E-state index in [0.717, 1.165) is 38.0 Å². The van der Waals surface area contributed by atoms with Crippen LogP contribution in [0.3, 0.4) is 0 Å². The largest absolute Gasteiger partial charge is 0.468 e. The molecule has 1 aliphatic heterocycles. The molecule has 0 amide bonds. The first-order valence-electron chi connectivity index (χ1n) is 8.73. The van der Waals surface area contributed by atoms with Crippen molar-refractivity contribution in [3.63, 3.8) is 0 Å². The van der Waals surface area contributed by atoms with Gasteiger partial charge in [0.2, 0.25) is 10.0 Å². The quantitative estimate of drug-likeness (QED) is 0.827. The van der Waals surface area contributed by atoms with Crippen molar-refractivity contribution >= 4 is 10.0 Å². The first-order chi connectivity index (χ1) is 11.0. The summed E-state index contributed by atoms with van der Waals surface area (Å²) in [7, 11) is -0.829. The summed E-state index contributed by atoms with van der Waals surface area (Å²) in [6, 6.07) is 4.51. The van der Waals surface area contributed by atoms with Crippen LogP contribution in [0, 0.1) is 5.41 Å². The van der Waals surface area contributed by atoms with E-state index in [1.807, 2.05) is 12.1 Å². The second-order valence-electron chi connectivity index (χ2n) is 7.55. The molecule has 0 unspecified atom stereocenters. The lowest BCUT2D eigenvalue weighted by Gasteiger charge is -2.56. The molecule has 2 heterocycles. The Bertz CT molecular complexity index is 643. The van der Waals surface area contributed by atoms with Gasteiger partial charge in [0.15, 0.2) is 0 Å². The van der Waals surface area contributed by atoms with Gasteiger partial charge in [0.25, 0.3) is 0 Å². The lowest BCUT2D eigenvalue weighted by molar-refractivity contribution is -0.0528. The molecule has 3 fully saturated rings. The Morgan fingerprint density at radius 3 is 2.52 bits per heavy atom. The highest BCUT2D eigenvalue weighted by Gasteiger charge is 2.52. The molecular formula is C17H26N2O3S. The zero-order valence-electron chi connectivity index (χ0n) is 13.8. The lowest BCUT2D eigenvalue weighted by atomic mass is 9.59. The van der Waals surface area contributed by atoms with E-state index in [1.54, 1.807) is 10.6 Å². The van der Waals surface area contributed by atoms with Crippen molar-refractivity contribution in [3.05, 3.63) is 24.2 Å². The van der Waals surface area contributed by atoms with E-state index in [1.165, 1.54) is 12.8 Å². The summed E-state index contributed by atoms with van der Waals surface area (Å²) in [5.41, 5.74) is 0.316. The molecule has 5 nitrogen and oxygen atoms in total. The van der Waals surface area contributed by atoms with Gasteiger partial charge in [-0.3, -0.25) is 4.90 Å². The van der Waals surface area contributed by atoms with Gasteiger partial charge in [-0.15, -0.1) is 0 Å². The molecule has 4 rings (SSSR count). The van der Waals surface area contributed by atoms with Crippen molar-refractivity contribution in [2.75, 3.05) is 20.1 Å². The molecular weight excluding hydrogens is 312 g/mol. The minimum absolute atomic E-state index is 0.0737. The SMILES string of the molecule is CN(Cc1ccco1)[C@H]1CCC12CCN(S(=O)(=O)C1CC1)CC2. The molecule has 2 saturated carbocycles. The van der Waals surface area contributed by atoms with Crippen LogP contribution in [0.2, 0.25) is 0 Å². The second kappa shape index (κ2) is 5.60. The Morgan fingerprint density at radius 2 is 2.00 bits per heavy atom. The highest BCUT2D eigenvalue weighted by Crippen LogP contribution is 2.52. The maximum Gasteiger partial charge on any atom is 0.216 e. The molecule has 0 aromatic carbocycles. The fourth-order valence-electron chi connectivity index (χ4n) is 4.47. The van der Waals surface area contributed by atoms with Crippen LogP contribution >= 0.6 is 0 Å². The van der Waals surface area contributed by atoms with Gasteiger partial charge < -0.3 is 4.42 Å². The van der Waals surface area contributed by atoms with E-state index < -0.39 is 10.0 Å². The first kappa shape index (κ1) is 15.7. The van der Waals surface area contributed by atoms with Crippen LogP contribution in [0.15, 0.2) is 22.8 Å². The van der Waals surface area contributed by atoms with Crippen molar-refractivity contribution in [2.24, 2.45) is 5.41 Å². The third-order valence-electron chi connectivity index (χ3n) is 6.16. The third kappa shape index (κ3) is 2.75. The molecule has 0 bridgehead atoms. The Labute approximate surface area is 138 Å². The van der Waals surface area contributed by atoms with Gasteiger partial charge in [0.1, 0.15) is 5.76 Å². The van der Waals surface area contributed by atoms with Crippen LogP contribution < -0.4 is 0 Å². The minimum Gasteiger partial charge on any atom is -0.468 e. The van der Waals surface area contributed by atoms with Gasteiger partial charge in [0.05, 0.1) is 18.1 Å². The van der Waals surface area contributed by atoms with Crippen molar-refractivity contribution in [3.8, 4) is 0 Å². The fourth-order valence-corrected chi connectivity index (χ4v) is 6.32. The van der Waals surface area contributed by atoms with Crippen molar-refractivity contribution in [2.45, 2.75) is 56.4 Å². The van der Waals surface area contributed by atoms with Gasteiger partial charge >= 0.3 is 0 Å². The van der Waals surface area contributed by atoms with Gasteiger partial charge in [-0.1, -0.05) is 0 Å². The first-order valence-corrected chi connectivity index (χ1v) is 10.2. The van der Waals surface area contributed by atoms with E-state index in [9.17, 15) is 8.42 Å². The average Bonchev–Trinajstić information content (AvgIpc) is 3.26. The predicted octanol–water partition coefficient (Wildman–Crippen LogP) is 2.45. The number of nitrogens with zero attached hydrogens (tertiary/aromatic N) is 2. The van der Waals surface area contributed by atoms with Crippen molar-refractivity contribution < 1.29 is 12.8 Å². The van der Waals surface area contributed by atoms with E-state index in [-0.39, 0.29) is 5.25 Å². The van der Waals surface area contributed by atoms with Crippen molar-refractivity contribution in [1.29, 1.82) is 0 Å². The van der Waals surface area contributed by atoms with Crippen LogP contribution in [-0.4, -0.2) is 49.1 Å². The molecule has 1 saturated heterocycles. The van der Waals surface area contributed by atoms with Crippen LogP contribution in [0.5, 0.6) is 0 Å². The van der Waals surface area contributed by atoms with Gasteiger partial charge in [-0.2, -0.15) is 0 Å². The Morgan fingerprint density at radius 1 is 1.26 bits per heavy atom. The molecule has 1 aromatic rings. The van der Waals surface area contributed by atoms with Crippen LogP contribution in [0.1, 0.15) is 44.3 Å². The van der Waals surface area contributed by atoms with Crippen LogP contribution in [0.4, 0.5) is 0 Å². The number of furan rings is 1. The maximum absolute atomic E-state index is 12.4. The fraction of sp³-hybridized carbons (Fsp3) is 0.765. The summed E-state index contributed by atoms with van der Waals surface area (Å²) >= 11 is 0. The van der Waals surface area contributed by atoms with Gasteiger partial charge in [0, 0.05) is 19.1 Å². The standard InChI is InChI=1S/C17H26N2O3S/c1-18(13-14-3-2-12-22-14)16-6-7-17(16)8-10-19(11-9-17)23(20,21)15-4-5-15/h2-3,12,15-16H,4-11,13H2,1H3/t16-/m0/s1. The number of hydrogen-bond donors (Lipinski definition) is 0. The Kier molecular flexibility index (Phi) is 3.82. The topological polar surface area (TPSA) is 53.8 Å². The molecule has 0 radical (unpaired) electrons.